The molecule has 0 bridgehead atoms. The van der Waals surface area contributed by atoms with Crippen LogP contribution in [0.2, 0.25) is 0 Å². The number of rotatable bonds is 10. The van der Waals surface area contributed by atoms with Crippen LogP contribution in [0.3, 0.4) is 0 Å². The quantitative estimate of drug-likeness (QED) is 0.306. The second-order valence-corrected chi connectivity index (χ2v) is 9.48. The van der Waals surface area contributed by atoms with E-state index in [9.17, 15) is 14.7 Å². The van der Waals surface area contributed by atoms with Gasteiger partial charge in [-0.15, -0.1) is 4.74 Å². The van der Waals surface area contributed by atoms with Gasteiger partial charge in [0, 0.05) is 18.7 Å². The van der Waals surface area contributed by atoms with Gasteiger partial charge < -0.3 is 19.7 Å². The molecule has 8 heteroatoms. The van der Waals surface area contributed by atoms with E-state index >= 15 is 0 Å². The highest BCUT2D eigenvalue weighted by Crippen LogP contribution is 2.28. The van der Waals surface area contributed by atoms with E-state index in [1.807, 2.05) is 42.5 Å². The van der Waals surface area contributed by atoms with Crippen LogP contribution in [-0.2, 0) is 13.1 Å². The van der Waals surface area contributed by atoms with Crippen LogP contribution >= 0.6 is 0 Å². The van der Waals surface area contributed by atoms with Crippen molar-refractivity contribution in [2.24, 2.45) is 0 Å². The van der Waals surface area contributed by atoms with Crippen LogP contribution in [-0.4, -0.2) is 27.0 Å². The van der Waals surface area contributed by atoms with Gasteiger partial charge in [0.25, 0.3) is 0 Å². The average molecular weight is 490 g/mol. The molecule has 4 rings (SSSR count). The summed E-state index contributed by atoms with van der Waals surface area (Å²) in [5.74, 6) is 0.0347. The number of nitrogens with one attached hydrogen (secondary N) is 2. The molecular weight excluding hydrogens is 458 g/mol. The molecule has 0 aliphatic carbocycles. The van der Waals surface area contributed by atoms with Crippen LogP contribution in [0, 0.1) is 6.92 Å². The van der Waals surface area contributed by atoms with Crippen molar-refractivity contribution in [2.75, 3.05) is 11.9 Å². The van der Waals surface area contributed by atoms with Crippen molar-refractivity contribution in [2.45, 2.75) is 45.9 Å². The zero-order chi connectivity index (χ0) is 25.7. The Kier molecular flexibility index (Phi) is 7.45. The lowest BCUT2D eigenvalue weighted by Gasteiger charge is -2.17. The molecule has 4 aromatic rings. The van der Waals surface area contributed by atoms with E-state index in [0.717, 1.165) is 44.0 Å². The molecule has 0 unspecified atom stereocenters. The summed E-state index contributed by atoms with van der Waals surface area (Å²) in [6.07, 6.45) is 0.566. The van der Waals surface area contributed by atoms with E-state index < -0.39 is 17.0 Å². The van der Waals surface area contributed by atoms with Crippen molar-refractivity contribution in [3.8, 4) is 16.9 Å². The number of aliphatic hydroxyl groups is 1. The van der Waals surface area contributed by atoms with E-state index in [4.69, 9.17) is 9.26 Å². The third-order valence-corrected chi connectivity index (χ3v) is 5.82. The molecule has 3 N–H and O–H groups in total. The Morgan fingerprint density at radius 2 is 1.81 bits per heavy atom. The summed E-state index contributed by atoms with van der Waals surface area (Å²) in [5.41, 5.74) is 5.01. The van der Waals surface area contributed by atoms with Gasteiger partial charge in [-0.3, -0.25) is 0 Å². The maximum atomic E-state index is 11.6. The largest absolute Gasteiger partial charge is 0.493 e. The molecule has 8 nitrogen and oxygen atoms in total. The average Bonchev–Trinajstić information content (AvgIpc) is 3.14. The van der Waals surface area contributed by atoms with Crippen LogP contribution in [0.15, 0.2) is 80.8 Å². The number of ether oxygens (including phenoxy) is 1. The zero-order valence-electron chi connectivity index (χ0n) is 20.7. The van der Waals surface area contributed by atoms with Crippen LogP contribution in [0.5, 0.6) is 5.75 Å². The Hall–Kier alpha value is -4.04. The SMILES string of the molecule is Cc1cc(OCCC(C)(C)O)ccc1-c1cccc(CNc2ccc(Cn3oc(=O)[nH]c3=O)cc2)c1. The van der Waals surface area contributed by atoms with Gasteiger partial charge in [-0.05, 0) is 78.9 Å². The predicted molar refractivity (Wildman–Crippen MR) is 139 cm³/mol. The Balaban J connectivity index is 1.37. The molecular formula is C28H31N3O5. The lowest BCUT2D eigenvalue weighted by atomic mass is 9.98. The first-order chi connectivity index (χ1) is 17.2. The van der Waals surface area contributed by atoms with Crippen LogP contribution < -0.4 is 21.5 Å². The fourth-order valence-electron chi connectivity index (χ4n) is 3.83. The summed E-state index contributed by atoms with van der Waals surface area (Å²) in [5, 5.41) is 13.3. The van der Waals surface area contributed by atoms with E-state index in [2.05, 4.69) is 41.5 Å². The molecule has 0 atom stereocenters. The van der Waals surface area contributed by atoms with E-state index in [1.54, 1.807) is 13.8 Å². The minimum atomic E-state index is -0.762. The number of aromatic nitrogens is 2. The van der Waals surface area contributed by atoms with Crippen molar-refractivity contribution in [1.29, 1.82) is 0 Å². The van der Waals surface area contributed by atoms with E-state index in [-0.39, 0.29) is 6.54 Å². The number of aryl methyl sites for hydroxylation is 1. The monoisotopic (exact) mass is 489 g/mol. The van der Waals surface area contributed by atoms with Crippen molar-refractivity contribution in [3.63, 3.8) is 0 Å². The summed E-state index contributed by atoms with van der Waals surface area (Å²) in [7, 11) is 0. The minimum absolute atomic E-state index is 0.183. The summed E-state index contributed by atoms with van der Waals surface area (Å²) >= 11 is 0. The van der Waals surface area contributed by atoms with Gasteiger partial charge in [0.2, 0.25) is 0 Å². The number of hydrogen-bond donors (Lipinski definition) is 3. The Morgan fingerprint density at radius 3 is 2.47 bits per heavy atom. The van der Waals surface area contributed by atoms with Gasteiger partial charge in [-0.1, -0.05) is 36.4 Å². The third kappa shape index (κ3) is 6.76. The molecule has 0 amide bonds. The molecule has 188 valence electrons. The molecule has 0 fully saturated rings. The highest BCUT2D eigenvalue weighted by Gasteiger charge is 2.12. The topological polar surface area (TPSA) is 109 Å². The normalized spacial score (nSPS) is 11.4. The molecule has 0 saturated heterocycles. The van der Waals surface area contributed by atoms with Crippen molar-refractivity contribution < 1.29 is 14.4 Å². The van der Waals surface area contributed by atoms with Gasteiger partial charge in [-0.25, -0.2) is 14.6 Å². The van der Waals surface area contributed by atoms with Gasteiger partial charge in [0.15, 0.2) is 0 Å². The number of anilines is 1. The molecule has 3 aromatic carbocycles. The van der Waals surface area contributed by atoms with Gasteiger partial charge in [0.05, 0.1) is 18.8 Å². The molecule has 0 radical (unpaired) electrons. The number of hydrogen-bond acceptors (Lipinski definition) is 6. The minimum Gasteiger partial charge on any atom is -0.493 e. The predicted octanol–water partition coefficient (Wildman–Crippen LogP) is 4.31. The lowest BCUT2D eigenvalue weighted by molar-refractivity contribution is 0.0553. The maximum absolute atomic E-state index is 11.6. The number of benzene rings is 3. The number of aromatic amines is 1. The van der Waals surface area contributed by atoms with Crippen molar-refractivity contribution in [1.82, 2.24) is 9.72 Å². The number of nitrogens with zero attached hydrogens (tertiary/aromatic N) is 1. The fourth-order valence-corrected chi connectivity index (χ4v) is 3.83. The van der Waals surface area contributed by atoms with Crippen molar-refractivity contribution >= 4 is 5.69 Å². The maximum Gasteiger partial charge on any atom is 0.440 e. The second kappa shape index (κ2) is 10.7. The highest BCUT2D eigenvalue weighted by molar-refractivity contribution is 5.69. The molecule has 0 aliphatic rings. The van der Waals surface area contributed by atoms with Crippen LogP contribution in [0.1, 0.15) is 37.0 Å². The lowest BCUT2D eigenvalue weighted by Crippen LogP contribution is -2.21. The molecule has 1 aromatic heterocycles. The molecule has 0 aliphatic heterocycles. The summed E-state index contributed by atoms with van der Waals surface area (Å²) in [4.78, 5) is 24.8. The van der Waals surface area contributed by atoms with Gasteiger partial charge >= 0.3 is 11.4 Å². The van der Waals surface area contributed by atoms with Gasteiger partial charge in [-0.2, -0.15) is 0 Å². The van der Waals surface area contributed by atoms with E-state index in [1.165, 1.54) is 0 Å². The first-order valence-electron chi connectivity index (χ1n) is 11.8. The summed E-state index contributed by atoms with van der Waals surface area (Å²) in [6.45, 7) is 6.91. The molecule has 1 heterocycles. The molecule has 0 spiro atoms. The Bertz CT molecular complexity index is 1430. The third-order valence-electron chi connectivity index (χ3n) is 5.82. The summed E-state index contributed by atoms with van der Waals surface area (Å²) in [6, 6.07) is 22.1. The zero-order valence-corrected chi connectivity index (χ0v) is 20.7. The fraction of sp³-hybridized carbons (Fsp3) is 0.286. The first-order valence-corrected chi connectivity index (χ1v) is 11.8. The van der Waals surface area contributed by atoms with Crippen molar-refractivity contribution in [3.05, 3.63) is 104 Å². The van der Waals surface area contributed by atoms with E-state index in [0.29, 0.717) is 19.6 Å². The first kappa shape index (κ1) is 25.1. The van der Waals surface area contributed by atoms with Gasteiger partial charge in [0.1, 0.15) is 5.75 Å². The highest BCUT2D eigenvalue weighted by atomic mass is 16.5. The smallest absolute Gasteiger partial charge is 0.440 e. The second-order valence-electron chi connectivity index (χ2n) is 9.48. The Labute approximate surface area is 209 Å². The summed E-state index contributed by atoms with van der Waals surface area (Å²) < 4.78 is 11.6. The number of H-pyrrole nitrogens is 1. The van der Waals surface area contributed by atoms with Crippen LogP contribution in [0.4, 0.5) is 5.69 Å². The van der Waals surface area contributed by atoms with Crippen LogP contribution in [0.25, 0.3) is 11.1 Å². The Morgan fingerprint density at radius 1 is 1.03 bits per heavy atom. The standard InChI is InChI=1S/C28H31N3O5/c1-19-15-24(35-14-13-28(2,3)34)11-12-25(19)22-6-4-5-21(16-22)17-29-23-9-7-20(8-10-23)18-31-26(32)30-27(33)36-31/h4-12,15-16,29,34H,13-14,17-18H2,1-3H3,(H,30,32,33). The molecule has 36 heavy (non-hydrogen) atoms. The molecule has 0 saturated carbocycles.